The fourth-order valence-electron chi connectivity index (χ4n) is 3.73. The summed E-state index contributed by atoms with van der Waals surface area (Å²) in [5, 5.41) is 16.2. The van der Waals surface area contributed by atoms with Crippen LogP contribution in [0.4, 0.5) is 11.5 Å². The topological polar surface area (TPSA) is 116 Å². The Balaban J connectivity index is 0.00000342. The monoisotopic (exact) mass is 515 g/mol. The summed E-state index contributed by atoms with van der Waals surface area (Å²) >= 11 is 1.36. The molecule has 35 heavy (non-hydrogen) atoms. The molecule has 0 bridgehead atoms. The molecule has 4 rings (SSSR count). The highest BCUT2D eigenvalue weighted by atomic mass is 35.5. The van der Waals surface area contributed by atoms with Gasteiger partial charge in [0.1, 0.15) is 22.7 Å². The molecule has 2 N–H and O–H groups in total. The number of nitriles is 1. The van der Waals surface area contributed by atoms with E-state index in [0.29, 0.717) is 41.8 Å². The molecule has 1 amide bonds. The van der Waals surface area contributed by atoms with Crippen molar-refractivity contribution in [3.63, 3.8) is 0 Å². The lowest BCUT2D eigenvalue weighted by molar-refractivity contribution is 0.0956. The van der Waals surface area contributed by atoms with Crippen molar-refractivity contribution in [3.05, 3.63) is 35.1 Å². The second kappa shape index (κ2) is 11.6. The molecule has 3 aromatic rings. The Morgan fingerprint density at radius 1 is 1.31 bits per heavy atom. The Hall–Kier alpha value is -3.00. The number of aryl methyl sites for hydroxylation is 1. The number of aromatic nitrogens is 3. The number of nitrogens with one attached hydrogen (secondary N) is 2. The average molecular weight is 516 g/mol. The van der Waals surface area contributed by atoms with Crippen LogP contribution in [0.5, 0.6) is 5.88 Å². The van der Waals surface area contributed by atoms with Gasteiger partial charge in [0, 0.05) is 24.6 Å². The Morgan fingerprint density at radius 2 is 2.11 bits per heavy atom. The predicted octanol–water partition coefficient (Wildman–Crippen LogP) is 4.31. The maximum Gasteiger partial charge on any atom is 0.261 e. The van der Waals surface area contributed by atoms with Crippen molar-refractivity contribution in [1.29, 1.82) is 5.26 Å². The van der Waals surface area contributed by atoms with Gasteiger partial charge in [0.2, 0.25) is 5.88 Å². The zero-order valence-corrected chi connectivity index (χ0v) is 21.8. The highest BCUT2D eigenvalue weighted by Gasteiger charge is 2.43. The van der Waals surface area contributed by atoms with Gasteiger partial charge in [-0.2, -0.15) is 5.26 Å². The van der Waals surface area contributed by atoms with Crippen molar-refractivity contribution in [2.75, 3.05) is 39.1 Å². The number of thiophene rings is 1. The molecule has 186 valence electrons. The van der Waals surface area contributed by atoms with Crippen LogP contribution in [0.1, 0.15) is 40.9 Å². The number of halogens is 1. The van der Waals surface area contributed by atoms with Crippen molar-refractivity contribution in [2.24, 2.45) is 5.41 Å². The number of pyridine rings is 1. The van der Waals surface area contributed by atoms with E-state index in [1.807, 2.05) is 33.2 Å². The number of ether oxygens (including phenoxy) is 1. The van der Waals surface area contributed by atoms with E-state index in [2.05, 4.69) is 36.6 Å². The van der Waals surface area contributed by atoms with Gasteiger partial charge >= 0.3 is 0 Å². The molecule has 0 radical (unpaired) electrons. The second-order valence-corrected chi connectivity index (χ2v) is 9.98. The first-order valence-corrected chi connectivity index (χ1v) is 12.1. The van der Waals surface area contributed by atoms with Crippen LogP contribution in [0.25, 0.3) is 10.2 Å². The minimum Gasteiger partial charge on any atom is -0.476 e. The molecule has 0 spiro atoms. The molecule has 0 saturated heterocycles. The highest BCUT2D eigenvalue weighted by molar-refractivity contribution is 7.20. The van der Waals surface area contributed by atoms with Crippen molar-refractivity contribution in [2.45, 2.75) is 32.6 Å². The molecule has 0 aliphatic heterocycles. The summed E-state index contributed by atoms with van der Waals surface area (Å²) in [6.07, 6.45) is 6.53. The van der Waals surface area contributed by atoms with Gasteiger partial charge in [0.25, 0.3) is 5.91 Å². The van der Waals surface area contributed by atoms with E-state index in [-0.39, 0.29) is 23.7 Å². The lowest BCUT2D eigenvalue weighted by Gasteiger charge is -2.15. The summed E-state index contributed by atoms with van der Waals surface area (Å²) in [6, 6.07) is 5.95. The number of hydrogen-bond donors (Lipinski definition) is 2. The summed E-state index contributed by atoms with van der Waals surface area (Å²) in [4.78, 5) is 29.5. The first-order chi connectivity index (χ1) is 16.4. The maximum absolute atomic E-state index is 12.8. The van der Waals surface area contributed by atoms with Crippen LogP contribution >= 0.6 is 23.7 Å². The Labute approximate surface area is 215 Å². The van der Waals surface area contributed by atoms with Crippen molar-refractivity contribution >= 4 is 51.4 Å². The van der Waals surface area contributed by atoms with Crippen LogP contribution in [0, 0.1) is 23.7 Å². The molecule has 1 aliphatic rings. The van der Waals surface area contributed by atoms with Crippen molar-refractivity contribution < 1.29 is 9.53 Å². The van der Waals surface area contributed by atoms with Gasteiger partial charge in [0.05, 0.1) is 22.9 Å². The zero-order valence-electron chi connectivity index (χ0n) is 20.1. The number of amides is 1. The van der Waals surface area contributed by atoms with Gasteiger partial charge in [-0.3, -0.25) is 4.79 Å². The smallest absolute Gasteiger partial charge is 0.261 e. The third-order valence-corrected chi connectivity index (χ3v) is 7.15. The third kappa shape index (κ3) is 6.36. The molecule has 9 nitrogen and oxygen atoms in total. The van der Waals surface area contributed by atoms with E-state index < -0.39 is 0 Å². The van der Waals surface area contributed by atoms with Crippen molar-refractivity contribution in [1.82, 2.24) is 25.2 Å². The number of nitrogens with zero attached hydrogens (tertiary/aromatic N) is 5. The minimum atomic E-state index is -0.0946. The first-order valence-electron chi connectivity index (χ1n) is 11.3. The SMILES string of the molecule is Cc1c(C(=O)NCCCN(C)C)sc2ncnc(Nc3cccnc3OCC3(CC#N)CC3)c12.Cl. The number of hydrogen-bond acceptors (Lipinski definition) is 9. The maximum atomic E-state index is 12.8. The second-order valence-electron chi connectivity index (χ2n) is 8.98. The molecule has 0 unspecified atom stereocenters. The molecular weight excluding hydrogens is 486 g/mol. The highest BCUT2D eigenvalue weighted by Crippen LogP contribution is 2.49. The van der Waals surface area contributed by atoms with Crippen molar-refractivity contribution in [3.8, 4) is 11.9 Å². The van der Waals surface area contributed by atoms with E-state index >= 15 is 0 Å². The predicted molar refractivity (Wildman–Crippen MR) is 140 cm³/mol. The number of rotatable bonds is 11. The first kappa shape index (κ1) is 26.6. The summed E-state index contributed by atoms with van der Waals surface area (Å²) in [7, 11) is 4.03. The quantitative estimate of drug-likeness (QED) is 0.363. The van der Waals surface area contributed by atoms with Crippen LogP contribution in [-0.2, 0) is 0 Å². The molecule has 11 heteroatoms. The minimum absolute atomic E-state index is 0. The largest absolute Gasteiger partial charge is 0.476 e. The molecule has 3 aromatic heterocycles. The zero-order chi connectivity index (χ0) is 24.1. The number of carbonyl (C=O) groups excluding carboxylic acids is 1. The van der Waals surface area contributed by atoms with Crippen LogP contribution in [0.15, 0.2) is 24.7 Å². The van der Waals surface area contributed by atoms with E-state index in [4.69, 9.17) is 10.00 Å². The van der Waals surface area contributed by atoms with E-state index in [1.54, 1.807) is 6.20 Å². The summed E-state index contributed by atoms with van der Waals surface area (Å²) < 4.78 is 6.01. The number of carbonyl (C=O) groups is 1. The average Bonchev–Trinajstić information content (AvgIpc) is 3.50. The molecule has 1 saturated carbocycles. The van der Waals surface area contributed by atoms with E-state index in [1.165, 1.54) is 17.7 Å². The van der Waals surface area contributed by atoms with Crippen LogP contribution in [-0.4, -0.2) is 59.6 Å². The van der Waals surface area contributed by atoms with Gasteiger partial charge in [-0.1, -0.05) is 0 Å². The Bertz CT molecular complexity index is 1220. The summed E-state index contributed by atoms with van der Waals surface area (Å²) in [5.74, 6) is 0.967. The van der Waals surface area contributed by atoms with Crippen LogP contribution in [0.2, 0.25) is 0 Å². The fourth-order valence-corrected chi connectivity index (χ4v) is 4.79. The van der Waals surface area contributed by atoms with Gasteiger partial charge in [-0.15, -0.1) is 23.7 Å². The molecule has 1 fully saturated rings. The molecular formula is C24H30ClN7O2S. The van der Waals surface area contributed by atoms with Gasteiger partial charge in [-0.05, 0) is 64.5 Å². The molecule has 0 aromatic carbocycles. The van der Waals surface area contributed by atoms with Crippen LogP contribution < -0.4 is 15.4 Å². The van der Waals surface area contributed by atoms with Gasteiger partial charge in [0.15, 0.2) is 0 Å². The lowest BCUT2D eigenvalue weighted by Crippen LogP contribution is -2.26. The lowest BCUT2D eigenvalue weighted by atomic mass is 10.1. The number of fused-ring (bicyclic) bond motifs is 1. The Kier molecular flexibility index (Phi) is 8.83. The molecule has 3 heterocycles. The van der Waals surface area contributed by atoms with E-state index in [0.717, 1.165) is 41.6 Å². The summed E-state index contributed by atoms with van der Waals surface area (Å²) in [6.45, 7) is 3.91. The van der Waals surface area contributed by atoms with Crippen LogP contribution in [0.3, 0.4) is 0 Å². The molecule has 0 atom stereocenters. The number of anilines is 2. The van der Waals surface area contributed by atoms with Gasteiger partial charge < -0.3 is 20.3 Å². The molecule has 1 aliphatic carbocycles. The fraction of sp³-hybridized carbons (Fsp3) is 0.458. The normalized spacial score (nSPS) is 13.7. The summed E-state index contributed by atoms with van der Waals surface area (Å²) in [5.41, 5.74) is 1.46. The van der Waals surface area contributed by atoms with E-state index in [9.17, 15) is 4.79 Å². The van der Waals surface area contributed by atoms with Gasteiger partial charge in [-0.25, -0.2) is 15.0 Å². The Morgan fingerprint density at radius 3 is 2.83 bits per heavy atom. The third-order valence-electron chi connectivity index (χ3n) is 5.95. The standard InChI is InChI=1S/C24H29N7O2S.ClH/c1-16-18-20(28-15-29-23(18)34-19(16)21(32)26-12-5-13-31(2)3)30-17-6-4-11-27-22(17)33-14-24(7-8-24)9-10-25;/h4,6,11,15H,5,7-9,12-14H2,1-3H3,(H,26,32)(H,28,29,30);1H.